The Bertz CT molecular complexity index is 351. The summed E-state index contributed by atoms with van der Waals surface area (Å²) >= 11 is 1.61. The fourth-order valence-electron chi connectivity index (χ4n) is 1.65. The third kappa shape index (κ3) is 2.91. The quantitative estimate of drug-likeness (QED) is 0.763. The topological polar surface area (TPSA) is 54.5 Å². The van der Waals surface area contributed by atoms with Crippen LogP contribution in [0.2, 0.25) is 0 Å². The predicted octanol–water partition coefficient (Wildman–Crippen LogP) is 0.979. The van der Waals surface area contributed by atoms with Gasteiger partial charge in [0.25, 0.3) is 0 Å². The van der Waals surface area contributed by atoms with E-state index in [0.29, 0.717) is 12.3 Å². The third-order valence-corrected chi connectivity index (χ3v) is 5.97. The molecule has 6 heteroatoms. The van der Waals surface area contributed by atoms with E-state index in [0.717, 1.165) is 5.75 Å². The Morgan fingerprint density at radius 3 is 2.62 bits per heavy atom. The normalized spacial score (nSPS) is 22.5. The van der Waals surface area contributed by atoms with Gasteiger partial charge in [0.15, 0.2) is 9.84 Å². The molecule has 4 nitrogen and oxygen atoms in total. The highest BCUT2D eigenvalue weighted by Gasteiger charge is 2.36. The number of hydrogen-bond acceptors (Lipinski definition) is 4. The SMILES string of the molecule is CCS(=O)(=O)C1CSCCN1C(=O)C(C)C. The van der Waals surface area contributed by atoms with Crippen molar-refractivity contribution < 1.29 is 13.2 Å². The highest BCUT2D eigenvalue weighted by atomic mass is 32.2. The van der Waals surface area contributed by atoms with Gasteiger partial charge in [0.2, 0.25) is 5.91 Å². The standard InChI is InChI=1S/C10H19NO3S2/c1-4-16(13,14)9-7-15-6-5-11(9)10(12)8(2)3/h8-9H,4-7H2,1-3H3. The lowest BCUT2D eigenvalue weighted by Crippen LogP contribution is -2.51. The lowest BCUT2D eigenvalue weighted by atomic mass is 10.2. The fraction of sp³-hybridized carbons (Fsp3) is 0.900. The minimum atomic E-state index is -3.16. The van der Waals surface area contributed by atoms with E-state index in [-0.39, 0.29) is 17.6 Å². The van der Waals surface area contributed by atoms with E-state index in [1.54, 1.807) is 37.4 Å². The number of nitrogens with zero attached hydrogens (tertiary/aromatic N) is 1. The van der Waals surface area contributed by atoms with Gasteiger partial charge in [0.1, 0.15) is 5.37 Å². The van der Waals surface area contributed by atoms with Gasteiger partial charge >= 0.3 is 0 Å². The zero-order valence-electron chi connectivity index (χ0n) is 9.97. The van der Waals surface area contributed by atoms with Crippen LogP contribution in [0.5, 0.6) is 0 Å². The molecule has 16 heavy (non-hydrogen) atoms. The Morgan fingerprint density at radius 1 is 1.50 bits per heavy atom. The molecule has 0 saturated carbocycles. The summed E-state index contributed by atoms with van der Waals surface area (Å²) < 4.78 is 23.8. The van der Waals surface area contributed by atoms with Crippen molar-refractivity contribution in [3.05, 3.63) is 0 Å². The Kier molecular flexibility index (Phi) is 4.67. The fourth-order valence-corrected chi connectivity index (χ4v) is 4.63. The van der Waals surface area contributed by atoms with Crippen molar-refractivity contribution in [2.75, 3.05) is 23.8 Å². The smallest absolute Gasteiger partial charge is 0.226 e. The van der Waals surface area contributed by atoms with E-state index in [1.807, 2.05) is 0 Å². The van der Waals surface area contributed by atoms with Crippen LogP contribution in [0.4, 0.5) is 0 Å². The minimum Gasteiger partial charge on any atom is -0.324 e. The summed E-state index contributed by atoms with van der Waals surface area (Å²) in [5, 5.41) is -0.619. The molecule has 0 aromatic carbocycles. The van der Waals surface area contributed by atoms with Crippen LogP contribution in [-0.4, -0.2) is 48.4 Å². The first-order valence-electron chi connectivity index (χ1n) is 5.50. The van der Waals surface area contributed by atoms with Crippen molar-refractivity contribution in [2.24, 2.45) is 5.92 Å². The third-order valence-electron chi connectivity index (χ3n) is 2.68. The molecule has 0 N–H and O–H groups in total. The van der Waals surface area contributed by atoms with Crippen molar-refractivity contribution in [3.63, 3.8) is 0 Å². The molecule has 0 bridgehead atoms. The molecule has 1 aliphatic rings. The maximum absolute atomic E-state index is 11.9. The first-order chi connectivity index (χ1) is 7.40. The van der Waals surface area contributed by atoms with Gasteiger partial charge in [-0.3, -0.25) is 4.79 Å². The lowest BCUT2D eigenvalue weighted by Gasteiger charge is -2.35. The van der Waals surface area contributed by atoms with Crippen LogP contribution in [0, 0.1) is 5.92 Å². The number of carbonyl (C=O) groups excluding carboxylic acids is 1. The maximum atomic E-state index is 11.9. The largest absolute Gasteiger partial charge is 0.324 e. The summed E-state index contributed by atoms with van der Waals surface area (Å²) in [5.41, 5.74) is 0. The first-order valence-corrected chi connectivity index (χ1v) is 8.37. The molecule has 1 saturated heterocycles. The number of carbonyl (C=O) groups is 1. The highest BCUT2D eigenvalue weighted by Crippen LogP contribution is 2.23. The molecule has 0 aromatic heterocycles. The molecular weight excluding hydrogens is 246 g/mol. The van der Waals surface area contributed by atoms with E-state index >= 15 is 0 Å². The van der Waals surface area contributed by atoms with Gasteiger partial charge in [0, 0.05) is 29.7 Å². The molecule has 1 unspecified atom stereocenters. The Labute approximate surface area is 102 Å². The summed E-state index contributed by atoms with van der Waals surface area (Å²) in [4.78, 5) is 13.5. The van der Waals surface area contributed by atoms with Crippen LogP contribution in [0.25, 0.3) is 0 Å². The highest BCUT2D eigenvalue weighted by molar-refractivity contribution is 8.01. The van der Waals surface area contributed by atoms with Crippen LogP contribution in [0.3, 0.4) is 0 Å². The number of hydrogen-bond donors (Lipinski definition) is 0. The van der Waals surface area contributed by atoms with Crippen LogP contribution in [-0.2, 0) is 14.6 Å². The van der Waals surface area contributed by atoms with Gasteiger partial charge in [-0.2, -0.15) is 11.8 Å². The van der Waals surface area contributed by atoms with E-state index in [1.165, 1.54) is 0 Å². The minimum absolute atomic E-state index is 0.0534. The molecule has 1 amide bonds. The van der Waals surface area contributed by atoms with E-state index in [4.69, 9.17) is 0 Å². The van der Waals surface area contributed by atoms with Crippen molar-refractivity contribution in [1.29, 1.82) is 0 Å². The summed E-state index contributed by atoms with van der Waals surface area (Å²) in [5.74, 6) is 1.24. The Balaban J connectivity index is 2.92. The maximum Gasteiger partial charge on any atom is 0.226 e. The predicted molar refractivity (Wildman–Crippen MR) is 67.1 cm³/mol. The molecular formula is C10H19NO3S2. The van der Waals surface area contributed by atoms with Crippen LogP contribution in [0.1, 0.15) is 20.8 Å². The van der Waals surface area contributed by atoms with E-state index in [9.17, 15) is 13.2 Å². The molecule has 0 aliphatic carbocycles. The number of sulfone groups is 1. The number of amides is 1. The average Bonchev–Trinajstić information content (AvgIpc) is 2.28. The van der Waals surface area contributed by atoms with Gasteiger partial charge in [-0.05, 0) is 0 Å². The van der Waals surface area contributed by atoms with E-state index < -0.39 is 15.2 Å². The van der Waals surface area contributed by atoms with Crippen LogP contribution in [0.15, 0.2) is 0 Å². The van der Waals surface area contributed by atoms with Crippen LogP contribution >= 0.6 is 11.8 Å². The van der Waals surface area contributed by atoms with Crippen molar-refractivity contribution in [3.8, 4) is 0 Å². The second kappa shape index (κ2) is 5.40. The van der Waals surface area contributed by atoms with Gasteiger partial charge in [-0.1, -0.05) is 20.8 Å². The monoisotopic (exact) mass is 265 g/mol. The van der Waals surface area contributed by atoms with E-state index in [2.05, 4.69) is 0 Å². The Morgan fingerprint density at radius 2 is 2.12 bits per heavy atom. The van der Waals surface area contributed by atoms with Crippen molar-refractivity contribution >= 4 is 27.5 Å². The molecule has 1 rings (SSSR count). The average molecular weight is 265 g/mol. The molecule has 94 valence electrons. The van der Waals surface area contributed by atoms with Crippen molar-refractivity contribution in [2.45, 2.75) is 26.1 Å². The summed E-state index contributed by atoms with van der Waals surface area (Å²) in [7, 11) is -3.16. The summed E-state index contributed by atoms with van der Waals surface area (Å²) in [6, 6.07) is 0. The lowest BCUT2D eigenvalue weighted by molar-refractivity contribution is -0.134. The van der Waals surface area contributed by atoms with Crippen molar-refractivity contribution in [1.82, 2.24) is 4.90 Å². The Hall–Kier alpha value is -0.230. The molecule has 0 spiro atoms. The summed E-state index contributed by atoms with van der Waals surface area (Å²) in [6.07, 6.45) is 0. The number of thioether (sulfide) groups is 1. The molecule has 1 atom stereocenters. The first kappa shape index (κ1) is 13.8. The second-order valence-corrected chi connectivity index (χ2v) is 7.76. The zero-order chi connectivity index (χ0) is 12.3. The molecule has 0 aromatic rings. The molecule has 1 aliphatic heterocycles. The zero-order valence-corrected chi connectivity index (χ0v) is 11.6. The van der Waals surface area contributed by atoms with Gasteiger partial charge < -0.3 is 4.90 Å². The van der Waals surface area contributed by atoms with Gasteiger partial charge in [-0.15, -0.1) is 0 Å². The van der Waals surface area contributed by atoms with Gasteiger partial charge in [0.05, 0.1) is 0 Å². The van der Waals surface area contributed by atoms with Gasteiger partial charge in [-0.25, -0.2) is 8.42 Å². The molecule has 1 heterocycles. The molecule has 0 radical (unpaired) electrons. The molecule has 1 fully saturated rings. The number of rotatable bonds is 3. The second-order valence-electron chi connectivity index (χ2n) is 4.17. The van der Waals surface area contributed by atoms with Crippen LogP contribution < -0.4 is 0 Å². The summed E-state index contributed by atoms with van der Waals surface area (Å²) in [6.45, 7) is 5.79.